The summed E-state index contributed by atoms with van der Waals surface area (Å²) in [5, 5.41) is 54.0. The SMILES string of the molecule is CC/C=C\C/C=C\C/C=C\C/C=C\CCCCCCCCCCC(=O)NC(COC1OC(CO)C(O)C(O)C1O)C(O)/C=C/CC/C=C/CC/C=C/CCCC. The fourth-order valence-electron chi connectivity index (χ4n) is 6.16. The number of unbranched alkanes of at least 4 members (excludes halogenated alkanes) is 12. The van der Waals surface area contributed by atoms with Gasteiger partial charge >= 0.3 is 0 Å². The number of ether oxygens (including phenoxy) is 2. The molecule has 6 N–H and O–H groups in total. The van der Waals surface area contributed by atoms with Crippen molar-refractivity contribution in [1.29, 1.82) is 0 Å². The Kier molecular flexibility index (Phi) is 33.7. The lowest BCUT2D eigenvalue weighted by molar-refractivity contribution is -0.302. The fourth-order valence-corrected chi connectivity index (χ4v) is 6.16. The first-order valence-corrected chi connectivity index (χ1v) is 21.8. The summed E-state index contributed by atoms with van der Waals surface area (Å²) in [5.41, 5.74) is 0. The summed E-state index contributed by atoms with van der Waals surface area (Å²) in [7, 11) is 0. The number of hydrogen-bond donors (Lipinski definition) is 6. The largest absolute Gasteiger partial charge is 0.394 e. The highest BCUT2D eigenvalue weighted by molar-refractivity contribution is 5.76. The number of aliphatic hydroxyl groups is 5. The molecular formula is C47H79NO8. The molecular weight excluding hydrogens is 707 g/mol. The van der Waals surface area contributed by atoms with Gasteiger partial charge in [0.05, 0.1) is 25.4 Å². The van der Waals surface area contributed by atoms with Gasteiger partial charge in [-0.05, 0) is 77.0 Å². The van der Waals surface area contributed by atoms with Crippen molar-refractivity contribution < 1.29 is 39.8 Å². The van der Waals surface area contributed by atoms with Crippen LogP contribution in [0.2, 0.25) is 0 Å². The summed E-state index contributed by atoms with van der Waals surface area (Å²) < 4.78 is 11.2. The van der Waals surface area contributed by atoms with Gasteiger partial charge < -0.3 is 40.3 Å². The van der Waals surface area contributed by atoms with Crippen LogP contribution < -0.4 is 5.32 Å². The normalized spacial score (nSPS) is 22.0. The average molecular weight is 786 g/mol. The average Bonchev–Trinajstić information content (AvgIpc) is 3.20. The monoisotopic (exact) mass is 786 g/mol. The molecule has 0 aliphatic carbocycles. The van der Waals surface area contributed by atoms with Crippen LogP contribution in [0.25, 0.3) is 0 Å². The lowest BCUT2D eigenvalue weighted by atomic mass is 9.99. The zero-order valence-electron chi connectivity index (χ0n) is 34.8. The van der Waals surface area contributed by atoms with Crippen LogP contribution >= 0.6 is 0 Å². The highest BCUT2D eigenvalue weighted by atomic mass is 16.7. The molecule has 7 atom stereocenters. The number of aliphatic hydroxyl groups excluding tert-OH is 5. The smallest absolute Gasteiger partial charge is 0.220 e. The number of allylic oxidation sites excluding steroid dienone is 13. The molecule has 9 heteroatoms. The van der Waals surface area contributed by atoms with Gasteiger partial charge in [0.25, 0.3) is 0 Å². The van der Waals surface area contributed by atoms with E-state index in [0.29, 0.717) is 6.42 Å². The lowest BCUT2D eigenvalue weighted by Crippen LogP contribution is -2.60. The maximum absolute atomic E-state index is 12.9. The van der Waals surface area contributed by atoms with E-state index in [1.54, 1.807) is 6.08 Å². The molecule has 0 radical (unpaired) electrons. The number of rotatable bonds is 34. The molecule has 1 aliphatic rings. The minimum Gasteiger partial charge on any atom is -0.394 e. The molecule has 1 fully saturated rings. The fraction of sp³-hybridized carbons (Fsp3) is 0.681. The summed E-state index contributed by atoms with van der Waals surface area (Å²) in [6, 6.07) is -0.835. The van der Waals surface area contributed by atoms with Gasteiger partial charge in [0, 0.05) is 6.42 Å². The van der Waals surface area contributed by atoms with E-state index < -0.39 is 49.5 Å². The molecule has 7 unspecified atom stereocenters. The topological polar surface area (TPSA) is 149 Å². The summed E-state index contributed by atoms with van der Waals surface area (Å²) in [4.78, 5) is 12.9. The van der Waals surface area contributed by atoms with Gasteiger partial charge in [-0.2, -0.15) is 0 Å². The number of nitrogens with one attached hydrogen (secondary N) is 1. The molecule has 0 aromatic heterocycles. The van der Waals surface area contributed by atoms with Crippen LogP contribution in [0.4, 0.5) is 0 Å². The van der Waals surface area contributed by atoms with E-state index in [0.717, 1.165) is 89.9 Å². The highest BCUT2D eigenvalue weighted by Crippen LogP contribution is 2.22. The second-order valence-corrected chi connectivity index (χ2v) is 14.7. The third-order valence-electron chi connectivity index (χ3n) is 9.68. The molecule has 0 spiro atoms. The summed E-state index contributed by atoms with van der Waals surface area (Å²) in [6.45, 7) is 3.55. The van der Waals surface area contributed by atoms with Gasteiger partial charge in [0.15, 0.2) is 6.29 Å². The van der Waals surface area contributed by atoms with E-state index >= 15 is 0 Å². The van der Waals surface area contributed by atoms with Gasteiger partial charge in [-0.15, -0.1) is 0 Å². The second-order valence-electron chi connectivity index (χ2n) is 14.7. The molecule has 0 aromatic carbocycles. The van der Waals surface area contributed by atoms with Crippen molar-refractivity contribution in [3.8, 4) is 0 Å². The zero-order valence-corrected chi connectivity index (χ0v) is 34.8. The van der Waals surface area contributed by atoms with E-state index in [9.17, 15) is 30.3 Å². The minimum atomic E-state index is -1.58. The van der Waals surface area contributed by atoms with E-state index in [2.05, 4.69) is 92.1 Å². The van der Waals surface area contributed by atoms with Crippen molar-refractivity contribution in [2.75, 3.05) is 13.2 Å². The van der Waals surface area contributed by atoms with Crippen LogP contribution in [0.1, 0.15) is 149 Å². The Morgan fingerprint density at radius 3 is 1.71 bits per heavy atom. The van der Waals surface area contributed by atoms with E-state index in [1.807, 2.05) is 6.08 Å². The molecule has 1 amide bonds. The lowest BCUT2D eigenvalue weighted by Gasteiger charge is -2.40. The maximum atomic E-state index is 12.9. The Labute approximate surface area is 340 Å². The molecule has 1 saturated heterocycles. The van der Waals surface area contributed by atoms with Crippen LogP contribution in [0, 0.1) is 0 Å². The molecule has 0 aromatic rings. The zero-order chi connectivity index (χ0) is 40.9. The van der Waals surface area contributed by atoms with E-state index in [4.69, 9.17) is 9.47 Å². The molecule has 320 valence electrons. The van der Waals surface area contributed by atoms with Crippen LogP contribution in [-0.4, -0.2) is 87.5 Å². The second kappa shape index (κ2) is 36.7. The van der Waals surface area contributed by atoms with Crippen LogP contribution in [0.5, 0.6) is 0 Å². The Morgan fingerprint density at radius 2 is 1.12 bits per heavy atom. The van der Waals surface area contributed by atoms with Gasteiger partial charge in [-0.25, -0.2) is 0 Å². The molecule has 0 bridgehead atoms. The Morgan fingerprint density at radius 1 is 0.625 bits per heavy atom. The summed E-state index contributed by atoms with van der Waals surface area (Å²) in [6.07, 6.45) is 43.4. The number of amides is 1. The van der Waals surface area contributed by atoms with Gasteiger partial charge in [-0.3, -0.25) is 4.79 Å². The third-order valence-corrected chi connectivity index (χ3v) is 9.68. The number of carbonyl (C=O) groups is 1. The van der Waals surface area contributed by atoms with Gasteiger partial charge in [0.1, 0.15) is 24.4 Å². The molecule has 1 rings (SSSR count). The molecule has 1 aliphatic heterocycles. The number of carbonyl (C=O) groups excluding carboxylic acids is 1. The predicted molar refractivity (Wildman–Crippen MR) is 230 cm³/mol. The first-order chi connectivity index (χ1) is 27.3. The van der Waals surface area contributed by atoms with Crippen molar-refractivity contribution in [3.05, 3.63) is 85.1 Å². The molecule has 1 heterocycles. The quantitative estimate of drug-likeness (QED) is 0.0280. The maximum Gasteiger partial charge on any atom is 0.220 e. The summed E-state index contributed by atoms with van der Waals surface area (Å²) >= 11 is 0. The third kappa shape index (κ3) is 27.1. The summed E-state index contributed by atoms with van der Waals surface area (Å²) in [5.74, 6) is -0.206. The Bertz CT molecular complexity index is 1140. The van der Waals surface area contributed by atoms with Crippen molar-refractivity contribution in [2.45, 2.75) is 192 Å². The molecule has 9 nitrogen and oxygen atoms in total. The van der Waals surface area contributed by atoms with E-state index in [1.165, 1.54) is 38.5 Å². The first kappa shape index (κ1) is 51.4. The standard InChI is InChI=1S/C47H79NO8/c1-3-5-7-9-11-13-15-17-18-19-20-21-22-23-24-25-27-29-31-33-35-37-43(51)48-40(39-55-47-46(54)45(53)44(52)42(38-49)56-47)41(50)36-34-32-30-28-26-16-14-12-10-8-6-4-2/h5,7,10-13,17-18,20-21,26,28,34,36,40-42,44-47,49-50,52-54H,3-4,6,8-9,14-16,19,22-25,27,29-33,35,37-39H2,1-2H3,(H,48,51)/b7-5-,12-10+,13-11-,18-17-,21-20-,28-26+,36-34+. The molecule has 56 heavy (non-hydrogen) atoms. The van der Waals surface area contributed by atoms with Gasteiger partial charge in [-0.1, -0.05) is 150 Å². The Hall–Kier alpha value is -2.63. The van der Waals surface area contributed by atoms with Crippen molar-refractivity contribution in [3.63, 3.8) is 0 Å². The van der Waals surface area contributed by atoms with Crippen LogP contribution in [0.15, 0.2) is 85.1 Å². The van der Waals surface area contributed by atoms with Crippen molar-refractivity contribution in [2.24, 2.45) is 0 Å². The van der Waals surface area contributed by atoms with Crippen LogP contribution in [-0.2, 0) is 14.3 Å². The first-order valence-electron chi connectivity index (χ1n) is 21.8. The Balaban J connectivity index is 2.38. The molecule has 0 saturated carbocycles. The van der Waals surface area contributed by atoms with Gasteiger partial charge in [0.2, 0.25) is 5.91 Å². The van der Waals surface area contributed by atoms with Crippen molar-refractivity contribution >= 4 is 5.91 Å². The highest BCUT2D eigenvalue weighted by Gasteiger charge is 2.44. The van der Waals surface area contributed by atoms with E-state index in [-0.39, 0.29) is 12.5 Å². The predicted octanol–water partition coefficient (Wildman–Crippen LogP) is 8.77. The van der Waals surface area contributed by atoms with Crippen LogP contribution in [0.3, 0.4) is 0 Å². The number of hydrogen-bond acceptors (Lipinski definition) is 8. The van der Waals surface area contributed by atoms with Crippen molar-refractivity contribution in [1.82, 2.24) is 5.32 Å². The minimum absolute atomic E-state index is 0.206.